The van der Waals surface area contributed by atoms with E-state index in [9.17, 15) is 22.0 Å². The van der Waals surface area contributed by atoms with Crippen molar-refractivity contribution in [3.63, 3.8) is 0 Å². The third-order valence-corrected chi connectivity index (χ3v) is 5.48. The van der Waals surface area contributed by atoms with E-state index in [4.69, 9.17) is 27.9 Å². The van der Waals surface area contributed by atoms with Gasteiger partial charge in [0.05, 0.1) is 15.6 Å². The molecule has 0 N–H and O–H groups in total. The van der Waals surface area contributed by atoms with Crippen LogP contribution in [0.25, 0.3) is 22.5 Å². The number of rotatable bonds is 5. The van der Waals surface area contributed by atoms with E-state index in [1.807, 2.05) is 0 Å². The number of hydrogen-bond donors (Lipinski definition) is 0. The Hall–Kier alpha value is -3.17. The SMILES string of the molecule is Cn1cnc(-c2cc(Cl)c(OCc3ccc(C(F)(F)F)cc3F)c(-c3c(F)cccc3Cl)c2)n1. The molecular formula is C23H14Cl2F5N3O. The van der Waals surface area contributed by atoms with Gasteiger partial charge in [0, 0.05) is 29.3 Å². The zero-order chi connectivity index (χ0) is 24.6. The molecule has 0 aliphatic rings. The quantitative estimate of drug-likeness (QED) is 0.262. The van der Waals surface area contributed by atoms with Gasteiger partial charge in [-0.15, -0.1) is 0 Å². The normalized spacial score (nSPS) is 11.6. The zero-order valence-corrected chi connectivity index (χ0v) is 18.8. The summed E-state index contributed by atoms with van der Waals surface area (Å²) in [4.78, 5) is 4.15. The Morgan fingerprint density at radius 3 is 2.35 bits per heavy atom. The van der Waals surface area contributed by atoms with Crippen molar-refractivity contribution in [2.75, 3.05) is 0 Å². The number of nitrogens with zero attached hydrogens (tertiary/aromatic N) is 3. The number of aryl methyl sites for hydroxylation is 1. The minimum absolute atomic E-state index is 0.0200. The van der Waals surface area contributed by atoms with E-state index in [1.54, 1.807) is 7.05 Å². The highest BCUT2D eigenvalue weighted by Crippen LogP contribution is 2.43. The molecule has 34 heavy (non-hydrogen) atoms. The van der Waals surface area contributed by atoms with Gasteiger partial charge in [-0.05, 0) is 36.4 Å². The molecule has 0 unspecified atom stereocenters. The van der Waals surface area contributed by atoms with E-state index in [2.05, 4.69) is 10.1 Å². The Morgan fingerprint density at radius 2 is 1.74 bits per heavy atom. The van der Waals surface area contributed by atoms with Crippen molar-refractivity contribution in [2.45, 2.75) is 12.8 Å². The fraction of sp³-hybridized carbons (Fsp3) is 0.130. The fourth-order valence-electron chi connectivity index (χ4n) is 3.27. The minimum atomic E-state index is -4.69. The van der Waals surface area contributed by atoms with E-state index in [-0.39, 0.29) is 32.5 Å². The largest absolute Gasteiger partial charge is 0.487 e. The summed E-state index contributed by atoms with van der Waals surface area (Å²) < 4.78 is 74.7. The molecule has 0 saturated heterocycles. The molecule has 0 fully saturated rings. The number of aromatic nitrogens is 3. The predicted octanol–water partition coefficient (Wildman–Crippen LogP) is 7.33. The van der Waals surface area contributed by atoms with Gasteiger partial charge in [0.15, 0.2) is 5.82 Å². The zero-order valence-electron chi connectivity index (χ0n) is 17.3. The smallest absolute Gasteiger partial charge is 0.416 e. The van der Waals surface area contributed by atoms with Gasteiger partial charge in [-0.1, -0.05) is 35.3 Å². The average molecular weight is 514 g/mol. The van der Waals surface area contributed by atoms with Gasteiger partial charge in [-0.25, -0.2) is 13.8 Å². The van der Waals surface area contributed by atoms with Crippen LogP contribution in [0.15, 0.2) is 54.9 Å². The number of halogens is 7. The van der Waals surface area contributed by atoms with Gasteiger partial charge < -0.3 is 4.74 Å². The van der Waals surface area contributed by atoms with E-state index in [0.717, 1.165) is 12.1 Å². The molecule has 0 aliphatic heterocycles. The van der Waals surface area contributed by atoms with Crippen molar-refractivity contribution in [1.29, 1.82) is 0 Å². The molecular weight excluding hydrogens is 500 g/mol. The van der Waals surface area contributed by atoms with Crippen molar-refractivity contribution >= 4 is 23.2 Å². The Kier molecular flexibility index (Phi) is 6.51. The first-order valence-corrected chi connectivity index (χ1v) is 10.4. The highest BCUT2D eigenvalue weighted by Gasteiger charge is 2.31. The van der Waals surface area contributed by atoms with Gasteiger partial charge in [-0.2, -0.15) is 18.3 Å². The molecule has 1 aromatic heterocycles. The number of benzene rings is 3. The van der Waals surface area contributed by atoms with Crippen LogP contribution in [0.1, 0.15) is 11.1 Å². The van der Waals surface area contributed by atoms with Crippen LogP contribution < -0.4 is 4.74 Å². The monoisotopic (exact) mass is 513 g/mol. The molecule has 176 valence electrons. The molecule has 0 atom stereocenters. The maximum absolute atomic E-state index is 14.8. The summed E-state index contributed by atoms with van der Waals surface area (Å²) in [5.74, 6) is -1.50. The van der Waals surface area contributed by atoms with Crippen molar-refractivity contribution in [3.8, 4) is 28.3 Å². The summed E-state index contributed by atoms with van der Waals surface area (Å²) in [7, 11) is 1.67. The molecule has 3 aromatic carbocycles. The van der Waals surface area contributed by atoms with E-state index >= 15 is 0 Å². The molecule has 0 aliphatic carbocycles. The first-order valence-electron chi connectivity index (χ1n) is 9.67. The number of hydrogen-bond acceptors (Lipinski definition) is 3. The highest BCUT2D eigenvalue weighted by molar-refractivity contribution is 6.35. The summed E-state index contributed by atoms with van der Waals surface area (Å²) in [6, 6.07) is 9.17. The fourth-order valence-corrected chi connectivity index (χ4v) is 3.81. The Bertz CT molecular complexity index is 1350. The summed E-state index contributed by atoms with van der Waals surface area (Å²) in [6.45, 7) is -0.468. The first-order chi connectivity index (χ1) is 16.0. The second kappa shape index (κ2) is 9.23. The molecule has 4 nitrogen and oxygen atoms in total. The second-order valence-electron chi connectivity index (χ2n) is 7.27. The van der Waals surface area contributed by atoms with Crippen LogP contribution in [-0.4, -0.2) is 14.8 Å². The van der Waals surface area contributed by atoms with Crippen LogP contribution in [0.4, 0.5) is 22.0 Å². The Labute approximate surface area is 200 Å². The lowest BCUT2D eigenvalue weighted by atomic mass is 10.0. The van der Waals surface area contributed by atoms with Crippen molar-refractivity contribution < 1.29 is 26.7 Å². The molecule has 0 amide bonds. The van der Waals surface area contributed by atoms with Crippen LogP contribution in [0.5, 0.6) is 5.75 Å². The van der Waals surface area contributed by atoms with Crippen LogP contribution in [0, 0.1) is 11.6 Å². The predicted molar refractivity (Wildman–Crippen MR) is 118 cm³/mol. The van der Waals surface area contributed by atoms with Gasteiger partial charge in [0.2, 0.25) is 0 Å². The maximum atomic E-state index is 14.8. The number of alkyl halides is 3. The highest BCUT2D eigenvalue weighted by atomic mass is 35.5. The molecule has 0 spiro atoms. The molecule has 0 saturated carbocycles. The van der Waals surface area contributed by atoms with Crippen LogP contribution in [0.3, 0.4) is 0 Å². The van der Waals surface area contributed by atoms with Gasteiger partial charge >= 0.3 is 6.18 Å². The number of ether oxygens (including phenoxy) is 1. The maximum Gasteiger partial charge on any atom is 0.416 e. The summed E-state index contributed by atoms with van der Waals surface area (Å²) >= 11 is 12.7. The third-order valence-electron chi connectivity index (χ3n) is 4.89. The Balaban J connectivity index is 1.78. The summed E-state index contributed by atoms with van der Waals surface area (Å²) in [5.41, 5.74) is -0.715. The van der Waals surface area contributed by atoms with Crippen molar-refractivity contribution in [1.82, 2.24) is 14.8 Å². The van der Waals surface area contributed by atoms with Crippen LogP contribution in [0.2, 0.25) is 10.0 Å². The van der Waals surface area contributed by atoms with Crippen molar-refractivity contribution in [2.24, 2.45) is 7.05 Å². The minimum Gasteiger partial charge on any atom is -0.487 e. The Morgan fingerprint density at radius 1 is 0.971 bits per heavy atom. The van der Waals surface area contributed by atoms with Crippen LogP contribution in [-0.2, 0) is 19.8 Å². The first kappa shape index (κ1) is 24.0. The second-order valence-corrected chi connectivity index (χ2v) is 8.08. The van der Waals surface area contributed by atoms with Gasteiger partial charge in [-0.3, -0.25) is 4.68 Å². The van der Waals surface area contributed by atoms with Gasteiger partial charge in [0.25, 0.3) is 0 Å². The van der Waals surface area contributed by atoms with E-state index in [1.165, 1.54) is 41.3 Å². The van der Waals surface area contributed by atoms with E-state index in [0.29, 0.717) is 17.5 Å². The molecule has 1 heterocycles. The average Bonchev–Trinajstić information content (AvgIpc) is 3.19. The summed E-state index contributed by atoms with van der Waals surface area (Å²) in [6.07, 6.45) is -3.22. The molecule has 4 rings (SSSR count). The summed E-state index contributed by atoms with van der Waals surface area (Å²) in [5, 5.41) is 4.29. The topological polar surface area (TPSA) is 39.9 Å². The molecule has 4 aromatic rings. The standard InChI is InChI=1S/C23H14Cl2F5N3O/c1-33-11-31-22(32-33)13-7-15(20-16(24)3-2-4-18(20)26)21(17(25)8-13)34-10-12-5-6-14(9-19(12)27)23(28,29)30/h2-9,11H,10H2,1H3. The molecule has 0 radical (unpaired) electrons. The van der Waals surface area contributed by atoms with Gasteiger partial charge in [0.1, 0.15) is 30.3 Å². The van der Waals surface area contributed by atoms with Crippen LogP contribution >= 0.6 is 23.2 Å². The lowest BCUT2D eigenvalue weighted by Gasteiger charge is -2.17. The lowest BCUT2D eigenvalue weighted by molar-refractivity contribution is -0.137. The van der Waals surface area contributed by atoms with Crippen molar-refractivity contribution in [3.05, 3.63) is 87.7 Å². The van der Waals surface area contributed by atoms with E-state index < -0.39 is 30.0 Å². The third kappa shape index (κ3) is 4.85. The lowest BCUT2D eigenvalue weighted by Crippen LogP contribution is -2.07. The molecule has 11 heteroatoms. The molecule has 0 bridgehead atoms.